The van der Waals surface area contributed by atoms with Crippen molar-refractivity contribution in [3.8, 4) is 5.75 Å². The average Bonchev–Trinajstić information content (AvgIpc) is 2.69. The first-order valence-corrected chi connectivity index (χ1v) is 4.93. The van der Waals surface area contributed by atoms with E-state index in [1.807, 2.05) is 0 Å². The van der Waals surface area contributed by atoms with Gasteiger partial charge in [-0.2, -0.15) is 0 Å². The van der Waals surface area contributed by atoms with Crippen LogP contribution in [0, 0.1) is 12.7 Å². The minimum Gasteiger partial charge on any atom is -0.507 e. The van der Waals surface area contributed by atoms with Gasteiger partial charge in [-0.1, -0.05) is 0 Å². The summed E-state index contributed by atoms with van der Waals surface area (Å²) in [4.78, 5) is 15.5. The molecule has 0 aliphatic carbocycles. The highest BCUT2D eigenvalue weighted by molar-refractivity contribution is 6.14. The van der Waals surface area contributed by atoms with Crippen molar-refractivity contribution in [2.75, 3.05) is 6.54 Å². The lowest BCUT2D eigenvalue weighted by atomic mass is 10.00. The van der Waals surface area contributed by atoms with Gasteiger partial charge in [-0.3, -0.25) is 9.79 Å². The smallest absolute Gasteiger partial charge is 0.197 e. The quantitative estimate of drug-likeness (QED) is 0.802. The molecule has 5 heteroatoms. The van der Waals surface area contributed by atoms with Gasteiger partial charge in [-0.05, 0) is 24.6 Å². The zero-order valence-corrected chi connectivity index (χ0v) is 9.00. The predicted molar refractivity (Wildman–Crippen MR) is 58.6 cm³/mol. The lowest BCUT2D eigenvalue weighted by Crippen LogP contribution is -2.07. The molecule has 1 aliphatic rings. The molecule has 0 amide bonds. The molecule has 1 aromatic rings. The van der Waals surface area contributed by atoms with E-state index < -0.39 is 17.4 Å². The number of hydrogen-bond donors (Lipinski definition) is 1. The van der Waals surface area contributed by atoms with Crippen molar-refractivity contribution >= 4 is 12.0 Å². The monoisotopic (exact) mass is 237 g/mol. The van der Waals surface area contributed by atoms with Crippen molar-refractivity contribution in [1.29, 1.82) is 0 Å². The molecule has 1 aromatic carbocycles. The maximum atomic E-state index is 13.2. The normalized spacial score (nSPS) is 14.5. The summed E-state index contributed by atoms with van der Waals surface area (Å²) in [7, 11) is 0. The molecule has 88 valence electrons. The SMILES string of the molecule is Cc1cc(F)cc(C(=O)C2=C(F)C=NC2)c1O. The number of aromatic hydroxyl groups is 1. The van der Waals surface area contributed by atoms with Gasteiger partial charge in [-0.25, -0.2) is 8.78 Å². The Kier molecular flexibility index (Phi) is 2.75. The van der Waals surface area contributed by atoms with Crippen molar-refractivity contribution in [3.05, 3.63) is 40.5 Å². The fraction of sp³-hybridized carbons (Fsp3) is 0.167. The van der Waals surface area contributed by atoms with E-state index in [2.05, 4.69) is 4.99 Å². The average molecular weight is 237 g/mol. The topological polar surface area (TPSA) is 49.7 Å². The maximum absolute atomic E-state index is 13.2. The molecule has 3 nitrogen and oxygen atoms in total. The van der Waals surface area contributed by atoms with E-state index in [1.165, 1.54) is 6.92 Å². The van der Waals surface area contributed by atoms with Gasteiger partial charge in [0, 0.05) is 0 Å². The van der Waals surface area contributed by atoms with Crippen molar-refractivity contribution in [2.24, 2.45) is 4.99 Å². The predicted octanol–water partition coefficient (Wildman–Crippen LogP) is 2.33. The van der Waals surface area contributed by atoms with Crippen LogP contribution in [0.2, 0.25) is 0 Å². The number of carbonyl (C=O) groups excluding carboxylic acids is 1. The number of carbonyl (C=O) groups is 1. The highest BCUT2D eigenvalue weighted by Gasteiger charge is 2.23. The Labute approximate surface area is 96.1 Å². The third kappa shape index (κ3) is 1.95. The van der Waals surface area contributed by atoms with E-state index in [0.717, 1.165) is 18.3 Å². The maximum Gasteiger partial charge on any atom is 0.197 e. The molecule has 0 unspecified atom stereocenters. The summed E-state index contributed by atoms with van der Waals surface area (Å²) in [5, 5.41) is 9.67. The van der Waals surface area contributed by atoms with Crippen LogP contribution in [0.1, 0.15) is 15.9 Å². The standard InChI is InChI=1S/C12H9F2NO2/c1-6-2-7(13)3-8(11(6)16)12(17)9-4-15-5-10(9)14/h2-3,5,16H,4H2,1H3. The Balaban J connectivity index is 2.49. The number of phenols is 1. The molecule has 0 aromatic heterocycles. The van der Waals surface area contributed by atoms with E-state index in [1.54, 1.807) is 0 Å². The second kappa shape index (κ2) is 4.08. The molecule has 1 heterocycles. The molecule has 1 aliphatic heterocycles. The second-order valence-electron chi connectivity index (χ2n) is 3.74. The summed E-state index contributed by atoms with van der Waals surface area (Å²) in [5.41, 5.74) is -0.170. The van der Waals surface area contributed by atoms with Crippen LogP contribution < -0.4 is 0 Å². The molecule has 0 saturated heterocycles. The molecule has 0 saturated carbocycles. The number of ketones is 1. The van der Waals surface area contributed by atoms with Crippen LogP contribution in [-0.4, -0.2) is 23.6 Å². The van der Waals surface area contributed by atoms with Gasteiger partial charge in [0.15, 0.2) is 5.78 Å². The van der Waals surface area contributed by atoms with Crippen molar-refractivity contribution < 1.29 is 18.7 Å². The largest absolute Gasteiger partial charge is 0.507 e. The number of benzene rings is 1. The minimum absolute atomic E-state index is 0.0837. The molecular formula is C12H9F2NO2. The van der Waals surface area contributed by atoms with E-state index in [4.69, 9.17) is 0 Å². The number of phenolic OH excluding ortho intramolecular Hbond substituents is 1. The molecule has 0 fully saturated rings. The number of hydrogen-bond acceptors (Lipinski definition) is 3. The Morgan fingerprint density at radius 2 is 2.12 bits per heavy atom. The first-order chi connectivity index (χ1) is 8.00. The van der Waals surface area contributed by atoms with Gasteiger partial charge in [-0.15, -0.1) is 0 Å². The summed E-state index contributed by atoms with van der Waals surface area (Å²) in [6.45, 7) is 1.38. The molecule has 0 radical (unpaired) electrons. The molecule has 17 heavy (non-hydrogen) atoms. The number of Topliss-reactive ketones (excluding diaryl/α,β-unsaturated/α-hetero) is 1. The third-order valence-corrected chi connectivity index (χ3v) is 2.53. The summed E-state index contributed by atoms with van der Waals surface area (Å²) in [5.74, 6) is -2.46. The summed E-state index contributed by atoms with van der Waals surface area (Å²) < 4.78 is 26.3. The molecule has 0 spiro atoms. The lowest BCUT2D eigenvalue weighted by molar-refractivity contribution is 0.102. The highest BCUT2D eigenvalue weighted by atomic mass is 19.1. The third-order valence-electron chi connectivity index (χ3n) is 2.53. The Bertz CT molecular complexity index is 562. The molecular weight excluding hydrogens is 228 g/mol. The number of aryl methyl sites for hydroxylation is 1. The molecule has 0 bridgehead atoms. The van der Waals surface area contributed by atoms with E-state index in [9.17, 15) is 18.7 Å². The number of allylic oxidation sites excluding steroid dienone is 1. The van der Waals surface area contributed by atoms with Crippen LogP contribution in [0.3, 0.4) is 0 Å². The van der Waals surface area contributed by atoms with Crippen LogP contribution in [0.25, 0.3) is 0 Å². The fourth-order valence-corrected chi connectivity index (χ4v) is 1.62. The van der Waals surface area contributed by atoms with E-state index in [0.29, 0.717) is 0 Å². The van der Waals surface area contributed by atoms with Crippen LogP contribution in [-0.2, 0) is 0 Å². The van der Waals surface area contributed by atoms with E-state index >= 15 is 0 Å². The Morgan fingerprint density at radius 1 is 1.41 bits per heavy atom. The number of halogens is 2. The van der Waals surface area contributed by atoms with Crippen LogP contribution in [0.4, 0.5) is 8.78 Å². The summed E-state index contributed by atoms with van der Waals surface area (Å²) in [6, 6.07) is 1.99. The minimum atomic E-state index is -0.740. The van der Waals surface area contributed by atoms with E-state index in [-0.39, 0.29) is 29.0 Å². The summed E-state index contributed by atoms with van der Waals surface area (Å²) in [6.07, 6.45) is 0.941. The van der Waals surface area contributed by atoms with Gasteiger partial charge in [0.1, 0.15) is 17.4 Å². The Morgan fingerprint density at radius 3 is 2.71 bits per heavy atom. The highest BCUT2D eigenvalue weighted by Crippen LogP contribution is 2.27. The van der Waals surface area contributed by atoms with Crippen molar-refractivity contribution in [1.82, 2.24) is 0 Å². The lowest BCUT2D eigenvalue weighted by Gasteiger charge is -2.07. The number of aliphatic imine (C=N–C) groups is 1. The van der Waals surface area contributed by atoms with Crippen molar-refractivity contribution in [3.63, 3.8) is 0 Å². The first kappa shape index (κ1) is 11.4. The second-order valence-corrected chi connectivity index (χ2v) is 3.74. The number of rotatable bonds is 2. The van der Waals surface area contributed by atoms with Gasteiger partial charge in [0.2, 0.25) is 0 Å². The van der Waals surface area contributed by atoms with Gasteiger partial charge in [0.25, 0.3) is 0 Å². The summed E-state index contributed by atoms with van der Waals surface area (Å²) >= 11 is 0. The first-order valence-electron chi connectivity index (χ1n) is 4.93. The van der Waals surface area contributed by atoms with Gasteiger partial charge >= 0.3 is 0 Å². The molecule has 1 N–H and O–H groups in total. The molecule has 0 atom stereocenters. The number of nitrogens with zero attached hydrogens (tertiary/aromatic N) is 1. The van der Waals surface area contributed by atoms with Crippen LogP contribution in [0.5, 0.6) is 5.75 Å². The fourth-order valence-electron chi connectivity index (χ4n) is 1.62. The Hall–Kier alpha value is -2.04. The van der Waals surface area contributed by atoms with Crippen LogP contribution in [0.15, 0.2) is 28.5 Å². The van der Waals surface area contributed by atoms with Gasteiger partial charge in [0.05, 0.1) is 23.9 Å². The zero-order valence-electron chi connectivity index (χ0n) is 9.00. The zero-order chi connectivity index (χ0) is 12.6. The molecule has 2 rings (SSSR count). The van der Waals surface area contributed by atoms with Crippen LogP contribution >= 0.6 is 0 Å². The van der Waals surface area contributed by atoms with Gasteiger partial charge < -0.3 is 5.11 Å². The van der Waals surface area contributed by atoms with Crippen molar-refractivity contribution in [2.45, 2.75) is 6.92 Å².